The second kappa shape index (κ2) is 6.53. The maximum Gasteiger partial charge on any atom is 0.271 e. The third kappa shape index (κ3) is 3.91. The molecule has 0 heterocycles. The van der Waals surface area contributed by atoms with Crippen LogP contribution in [0.5, 0.6) is 0 Å². The number of carbonyl (C=O) groups excluding carboxylic acids is 1. The van der Waals surface area contributed by atoms with Crippen LogP contribution in [0, 0.1) is 12.8 Å². The van der Waals surface area contributed by atoms with Crippen LogP contribution in [0.2, 0.25) is 0 Å². The fourth-order valence-electron chi connectivity index (χ4n) is 2.39. The number of carbonyl (C=O) groups is 1. The van der Waals surface area contributed by atoms with E-state index in [0.717, 1.165) is 35.3 Å². The fraction of sp³-hybridized carbons (Fsp3) is 0.333. The van der Waals surface area contributed by atoms with Crippen molar-refractivity contribution in [1.82, 2.24) is 5.43 Å². The quantitative estimate of drug-likeness (QED) is 0.660. The molecule has 2 rings (SSSR count). The van der Waals surface area contributed by atoms with Gasteiger partial charge in [-0.25, -0.2) is 5.43 Å². The molecule has 1 amide bonds. The summed E-state index contributed by atoms with van der Waals surface area (Å²) in [6, 6.07) is 7.49. The Kier molecular flexibility index (Phi) is 4.73. The van der Waals surface area contributed by atoms with Gasteiger partial charge in [0.25, 0.3) is 5.91 Å². The van der Waals surface area contributed by atoms with Crippen LogP contribution in [0.3, 0.4) is 0 Å². The van der Waals surface area contributed by atoms with Crippen molar-refractivity contribution in [2.24, 2.45) is 11.0 Å². The van der Waals surface area contributed by atoms with Gasteiger partial charge in [-0.15, -0.1) is 0 Å². The van der Waals surface area contributed by atoms with E-state index in [2.05, 4.69) is 23.2 Å². The van der Waals surface area contributed by atoms with Crippen LogP contribution in [0.15, 0.2) is 53.2 Å². The van der Waals surface area contributed by atoms with Crippen molar-refractivity contribution < 1.29 is 4.79 Å². The highest BCUT2D eigenvalue weighted by Crippen LogP contribution is 2.26. The highest BCUT2D eigenvalue weighted by molar-refractivity contribution is 6.02. The molecule has 0 fully saturated rings. The van der Waals surface area contributed by atoms with Gasteiger partial charge in [0.05, 0.1) is 5.71 Å². The first kappa shape index (κ1) is 15.2. The van der Waals surface area contributed by atoms with Crippen molar-refractivity contribution in [3.8, 4) is 0 Å². The van der Waals surface area contributed by atoms with Gasteiger partial charge in [0.2, 0.25) is 0 Å². The molecular formula is C18H22N2O. The van der Waals surface area contributed by atoms with Crippen LogP contribution in [0.1, 0.15) is 42.6 Å². The number of nitrogens with zero attached hydrogens (tertiary/aromatic N) is 1. The first-order valence-electron chi connectivity index (χ1n) is 7.23. The first-order chi connectivity index (χ1) is 9.97. The van der Waals surface area contributed by atoms with Crippen LogP contribution < -0.4 is 5.43 Å². The average molecular weight is 282 g/mol. The van der Waals surface area contributed by atoms with Gasteiger partial charge in [-0.3, -0.25) is 4.79 Å². The molecule has 0 unspecified atom stereocenters. The van der Waals surface area contributed by atoms with E-state index in [0.29, 0.717) is 11.5 Å². The first-order valence-corrected chi connectivity index (χ1v) is 7.23. The Bertz CT molecular complexity index is 626. The lowest BCUT2D eigenvalue weighted by Gasteiger charge is -2.22. The Hall–Kier alpha value is -2.16. The maximum atomic E-state index is 12.1. The Balaban J connectivity index is 2.09. The number of rotatable bonds is 3. The summed E-state index contributed by atoms with van der Waals surface area (Å²) in [6.45, 7) is 10.1. The molecule has 1 N–H and O–H groups in total. The van der Waals surface area contributed by atoms with Gasteiger partial charge in [-0.05, 0) is 57.2 Å². The minimum absolute atomic E-state index is 0.170. The Morgan fingerprint density at radius 1 is 1.38 bits per heavy atom. The predicted molar refractivity (Wildman–Crippen MR) is 87.4 cm³/mol. The molecular weight excluding hydrogens is 260 g/mol. The molecule has 1 aliphatic carbocycles. The highest BCUT2D eigenvalue weighted by Gasteiger charge is 2.18. The van der Waals surface area contributed by atoms with E-state index in [-0.39, 0.29) is 5.91 Å². The van der Waals surface area contributed by atoms with Crippen molar-refractivity contribution in [1.29, 1.82) is 0 Å². The summed E-state index contributed by atoms with van der Waals surface area (Å²) in [4.78, 5) is 12.1. The lowest BCUT2D eigenvalue weighted by Crippen LogP contribution is -2.23. The summed E-state index contributed by atoms with van der Waals surface area (Å²) in [6.07, 6.45) is 4.01. The van der Waals surface area contributed by atoms with E-state index in [9.17, 15) is 4.79 Å². The lowest BCUT2D eigenvalue weighted by molar-refractivity contribution is 0.0954. The van der Waals surface area contributed by atoms with Crippen LogP contribution in [0.25, 0.3) is 0 Å². The molecule has 1 atom stereocenters. The molecule has 3 nitrogen and oxygen atoms in total. The van der Waals surface area contributed by atoms with Crippen LogP contribution in [-0.4, -0.2) is 11.6 Å². The molecule has 0 saturated heterocycles. The third-order valence-electron chi connectivity index (χ3n) is 3.87. The van der Waals surface area contributed by atoms with E-state index in [4.69, 9.17) is 0 Å². The standard InChI is InChI=1S/C18H22N2O/c1-12(2)15-9-8-14(4)17(11-15)19-20-18(21)16-7-5-6-13(3)10-16/h5-8,10,15H,1,9,11H2,2-4H3,(H,20,21)/t15-/m1/s1. The molecule has 0 radical (unpaired) electrons. The molecule has 110 valence electrons. The van der Waals surface area contributed by atoms with E-state index in [1.807, 2.05) is 39.0 Å². The molecule has 0 aromatic heterocycles. The maximum absolute atomic E-state index is 12.1. The van der Waals surface area contributed by atoms with Gasteiger partial charge in [0.1, 0.15) is 0 Å². The molecule has 1 aromatic rings. The van der Waals surface area contributed by atoms with E-state index in [1.165, 1.54) is 0 Å². The van der Waals surface area contributed by atoms with Crippen molar-refractivity contribution >= 4 is 11.6 Å². The second-order valence-electron chi connectivity index (χ2n) is 5.74. The summed E-state index contributed by atoms with van der Waals surface area (Å²) in [5, 5.41) is 4.31. The zero-order chi connectivity index (χ0) is 15.4. The fourth-order valence-corrected chi connectivity index (χ4v) is 2.39. The van der Waals surface area contributed by atoms with Crippen molar-refractivity contribution in [3.63, 3.8) is 0 Å². The number of hydrazone groups is 1. The van der Waals surface area contributed by atoms with Gasteiger partial charge in [-0.2, -0.15) is 5.10 Å². The summed E-state index contributed by atoms with van der Waals surface area (Å²) in [5.41, 5.74) is 7.60. The van der Waals surface area contributed by atoms with Crippen LogP contribution >= 0.6 is 0 Å². The Morgan fingerprint density at radius 2 is 2.14 bits per heavy atom. The van der Waals surface area contributed by atoms with Crippen LogP contribution in [0.4, 0.5) is 0 Å². The topological polar surface area (TPSA) is 41.5 Å². The van der Waals surface area contributed by atoms with Crippen molar-refractivity contribution in [2.45, 2.75) is 33.6 Å². The molecule has 0 saturated carbocycles. The summed E-state index contributed by atoms with van der Waals surface area (Å²) in [7, 11) is 0. The average Bonchev–Trinajstić information content (AvgIpc) is 2.45. The molecule has 0 spiro atoms. The zero-order valence-corrected chi connectivity index (χ0v) is 12.9. The second-order valence-corrected chi connectivity index (χ2v) is 5.74. The number of benzene rings is 1. The number of nitrogens with one attached hydrogen (secondary N) is 1. The van der Waals surface area contributed by atoms with Gasteiger partial charge in [-0.1, -0.05) is 35.9 Å². The lowest BCUT2D eigenvalue weighted by atomic mass is 9.85. The number of aryl methyl sites for hydroxylation is 1. The number of amides is 1. The molecule has 21 heavy (non-hydrogen) atoms. The van der Waals surface area contributed by atoms with E-state index in [1.54, 1.807) is 6.07 Å². The van der Waals surface area contributed by atoms with Crippen LogP contribution in [-0.2, 0) is 0 Å². The normalized spacial score (nSPS) is 20.0. The zero-order valence-electron chi connectivity index (χ0n) is 12.9. The molecule has 1 aliphatic rings. The smallest absolute Gasteiger partial charge is 0.267 e. The molecule has 0 aliphatic heterocycles. The number of allylic oxidation sites excluding steroid dienone is 3. The summed E-state index contributed by atoms with van der Waals surface area (Å²) >= 11 is 0. The van der Waals surface area contributed by atoms with Crippen molar-refractivity contribution in [3.05, 3.63) is 59.2 Å². The minimum Gasteiger partial charge on any atom is -0.267 e. The molecule has 1 aromatic carbocycles. The predicted octanol–water partition coefficient (Wildman–Crippen LogP) is 4.01. The largest absolute Gasteiger partial charge is 0.271 e. The number of hydrogen-bond acceptors (Lipinski definition) is 2. The molecule has 3 heteroatoms. The Labute approximate surface area is 126 Å². The van der Waals surface area contributed by atoms with E-state index < -0.39 is 0 Å². The minimum atomic E-state index is -0.170. The third-order valence-corrected chi connectivity index (χ3v) is 3.87. The van der Waals surface area contributed by atoms with Gasteiger partial charge in [0, 0.05) is 5.56 Å². The van der Waals surface area contributed by atoms with E-state index >= 15 is 0 Å². The Morgan fingerprint density at radius 3 is 2.81 bits per heavy atom. The molecule has 0 bridgehead atoms. The highest BCUT2D eigenvalue weighted by atomic mass is 16.2. The number of hydrogen-bond donors (Lipinski definition) is 1. The van der Waals surface area contributed by atoms with Gasteiger partial charge in [0.15, 0.2) is 0 Å². The SMILES string of the molecule is C=C(C)[C@@H]1CC=C(C)C(=NNC(=O)c2cccc(C)c2)C1. The summed E-state index contributed by atoms with van der Waals surface area (Å²) in [5.74, 6) is 0.250. The monoisotopic (exact) mass is 282 g/mol. The van der Waals surface area contributed by atoms with Gasteiger partial charge < -0.3 is 0 Å². The van der Waals surface area contributed by atoms with Crippen molar-refractivity contribution in [2.75, 3.05) is 0 Å². The summed E-state index contributed by atoms with van der Waals surface area (Å²) < 4.78 is 0. The van der Waals surface area contributed by atoms with Gasteiger partial charge >= 0.3 is 0 Å².